The van der Waals surface area contributed by atoms with Gasteiger partial charge in [-0.25, -0.2) is 9.97 Å². The molecule has 0 aliphatic heterocycles. The number of amides is 1. The highest BCUT2D eigenvalue weighted by atomic mass is 16.1. The van der Waals surface area contributed by atoms with Crippen LogP contribution in [0.2, 0.25) is 0 Å². The van der Waals surface area contributed by atoms with Crippen LogP contribution >= 0.6 is 0 Å². The van der Waals surface area contributed by atoms with E-state index in [4.69, 9.17) is 0 Å². The van der Waals surface area contributed by atoms with Gasteiger partial charge in [0, 0.05) is 55.7 Å². The molecule has 0 saturated carbocycles. The first kappa shape index (κ1) is 17.6. The monoisotopic (exact) mass is 373 g/mol. The summed E-state index contributed by atoms with van der Waals surface area (Å²) >= 11 is 0. The zero-order valence-electron chi connectivity index (χ0n) is 15.8. The molecule has 8 heteroatoms. The molecule has 1 amide bonds. The predicted octanol–water partition coefficient (Wildman–Crippen LogP) is 2.84. The lowest BCUT2D eigenvalue weighted by Crippen LogP contribution is -2.15. The van der Waals surface area contributed by atoms with Gasteiger partial charge in [0.25, 0.3) is 5.91 Å². The number of hydrogen-bond donors (Lipinski definition) is 1. The van der Waals surface area contributed by atoms with Crippen LogP contribution in [0.5, 0.6) is 0 Å². The van der Waals surface area contributed by atoms with Crippen molar-refractivity contribution in [2.24, 2.45) is 14.1 Å². The van der Waals surface area contributed by atoms with Gasteiger partial charge < -0.3 is 9.88 Å². The second-order valence-corrected chi connectivity index (χ2v) is 6.50. The third-order valence-electron chi connectivity index (χ3n) is 4.44. The van der Waals surface area contributed by atoms with Crippen molar-refractivity contribution in [2.45, 2.75) is 6.92 Å². The van der Waals surface area contributed by atoms with Gasteiger partial charge >= 0.3 is 0 Å². The quantitative estimate of drug-likeness (QED) is 0.594. The van der Waals surface area contributed by atoms with Gasteiger partial charge in [0.2, 0.25) is 0 Å². The number of nitrogens with zero attached hydrogens (tertiary/aromatic N) is 6. The van der Waals surface area contributed by atoms with Crippen LogP contribution < -0.4 is 5.32 Å². The average molecular weight is 373 g/mol. The van der Waals surface area contributed by atoms with Crippen molar-refractivity contribution in [1.82, 2.24) is 29.3 Å². The number of anilines is 1. The fraction of sp³-hybridized carbons (Fsp3) is 0.150. The molecular formula is C20H19N7O. The molecule has 4 rings (SSSR count). The van der Waals surface area contributed by atoms with Gasteiger partial charge in [-0.05, 0) is 31.2 Å². The Morgan fingerprint density at radius 2 is 1.79 bits per heavy atom. The lowest BCUT2D eigenvalue weighted by Gasteiger charge is -2.05. The zero-order chi connectivity index (χ0) is 19.7. The highest BCUT2D eigenvalue weighted by molar-refractivity contribution is 6.04. The van der Waals surface area contributed by atoms with Crippen molar-refractivity contribution in [2.75, 3.05) is 5.32 Å². The Kier molecular flexibility index (Phi) is 4.44. The van der Waals surface area contributed by atoms with E-state index in [0.717, 1.165) is 22.5 Å². The molecule has 1 N–H and O–H groups in total. The van der Waals surface area contributed by atoms with Crippen molar-refractivity contribution in [3.8, 4) is 22.6 Å². The van der Waals surface area contributed by atoms with Gasteiger partial charge in [-0.2, -0.15) is 5.10 Å². The van der Waals surface area contributed by atoms with E-state index in [2.05, 4.69) is 25.4 Å². The molecule has 4 aromatic heterocycles. The largest absolute Gasteiger partial charge is 0.346 e. The Morgan fingerprint density at radius 1 is 1.00 bits per heavy atom. The van der Waals surface area contributed by atoms with E-state index < -0.39 is 0 Å². The van der Waals surface area contributed by atoms with Crippen LogP contribution in [0.25, 0.3) is 22.6 Å². The molecule has 8 nitrogen and oxygen atoms in total. The lowest BCUT2D eigenvalue weighted by atomic mass is 10.2. The molecule has 140 valence electrons. The maximum absolute atomic E-state index is 12.6. The summed E-state index contributed by atoms with van der Waals surface area (Å²) in [6.45, 7) is 1.90. The number of carbonyl (C=O) groups excluding carboxylic acids is 1. The molecule has 4 heterocycles. The summed E-state index contributed by atoms with van der Waals surface area (Å²) in [6.07, 6.45) is 8.72. The van der Waals surface area contributed by atoms with Crippen molar-refractivity contribution in [3.05, 3.63) is 66.6 Å². The second kappa shape index (κ2) is 7.07. The molecule has 0 unspecified atom stereocenters. The van der Waals surface area contributed by atoms with Crippen molar-refractivity contribution >= 4 is 11.6 Å². The Labute approximate surface area is 161 Å². The van der Waals surface area contributed by atoms with Gasteiger partial charge in [0.05, 0.1) is 11.9 Å². The molecular weight excluding hydrogens is 354 g/mol. The van der Waals surface area contributed by atoms with Crippen LogP contribution in [0.15, 0.2) is 55.2 Å². The summed E-state index contributed by atoms with van der Waals surface area (Å²) in [6, 6.07) is 7.36. The topological polar surface area (TPSA) is 90.5 Å². The van der Waals surface area contributed by atoms with E-state index in [-0.39, 0.29) is 5.91 Å². The van der Waals surface area contributed by atoms with Gasteiger partial charge in [0.1, 0.15) is 11.4 Å². The second-order valence-electron chi connectivity index (χ2n) is 6.50. The first-order valence-electron chi connectivity index (χ1n) is 8.72. The van der Waals surface area contributed by atoms with E-state index >= 15 is 0 Å². The fourth-order valence-corrected chi connectivity index (χ4v) is 2.89. The fourth-order valence-electron chi connectivity index (χ4n) is 2.89. The van der Waals surface area contributed by atoms with Crippen LogP contribution in [0, 0.1) is 6.92 Å². The summed E-state index contributed by atoms with van der Waals surface area (Å²) in [4.78, 5) is 25.7. The minimum Gasteiger partial charge on any atom is -0.346 e. The van der Waals surface area contributed by atoms with Crippen molar-refractivity contribution in [3.63, 3.8) is 0 Å². The minimum absolute atomic E-state index is 0.202. The number of carbonyl (C=O) groups is 1. The Bertz CT molecular complexity index is 1120. The zero-order valence-corrected chi connectivity index (χ0v) is 15.8. The number of nitrogens with one attached hydrogen (secondary N) is 1. The minimum atomic E-state index is -0.202. The van der Waals surface area contributed by atoms with Crippen LogP contribution in [0.1, 0.15) is 16.2 Å². The highest BCUT2D eigenvalue weighted by Gasteiger charge is 2.14. The van der Waals surface area contributed by atoms with Crippen LogP contribution in [0.4, 0.5) is 5.69 Å². The van der Waals surface area contributed by atoms with E-state index in [1.165, 1.54) is 0 Å². The molecule has 0 spiro atoms. The Morgan fingerprint density at radius 3 is 2.43 bits per heavy atom. The molecule has 0 aliphatic rings. The van der Waals surface area contributed by atoms with Crippen LogP contribution in [-0.2, 0) is 14.1 Å². The molecule has 4 aromatic rings. The van der Waals surface area contributed by atoms with Crippen molar-refractivity contribution in [1.29, 1.82) is 0 Å². The van der Waals surface area contributed by atoms with E-state index in [0.29, 0.717) is 17.2 Å². The SMILES string of the molecule is Cc1ccc(NC(=O)c2cc(-c3cnc(-c4ccnn4C)nc3)cn2C)cn1. The Hall–Kier alpha value is -3.81. The number of aromatic nitrogens is 6. The summed E-state index contributed by atoms with van der Waals surface area (Å²) in [5.74, 6) is 0.399. The molecule has 0 aliphatic carbocycles. The standard InChI is InChI=1S/C20H19N7O/c1-13-4-5-16(11-21-13)25-20(28)18-8-14(12-26(18)2)15-9-22-19(23-10-15)17-6-7-24-27(17)3/h4-12H,1-3H3,(H,25,28). The van der Waals surface area contributed by atoms with Gasteiger partial charge in [-0.15, -0.1) is 0 Å². The summed E-state index contributed by atoms with van der Waals surface area (Å²) < 4.78 is 3.50. The first-order valence-corrected chi connectivity index (χ1v) is 8.72. The summed E-state index contributed by atoms with van der Waals surface area (Å²) in [5, 5.41) is 6.99. The molecule has 0 atom stereocenters. The maximum atomic E-state index is 12.6. The average Bonchev–Trinajstić information content (AvgIpc) is 3.29. The van der Waals surface area contributed by atoms with E-state index in [1.807, 2.05) is 51.5 Å². The molecule has 0 aromatic carbocycles. The smallest absolute Gasteiger partial charge is 0.272 e. The molecule has 0 fully saturated rings. The third kappa shape index (κ3) is 3.39. The maximum Gasteiger partial charge on any atom is 0.272 e. The summed E-state index contributed by atoms with van der Waals surface area (Å²) in [5.41, 5.74) is 4.62. The number of hydrogen-bond acceptors (Lipinski definition) is 5. The molecule has 28 heavy (non-hydrogen) atoms. The number of aryl methyl sites for hydroxylation is 3. The Balaban J connectivity index is 1.56. The van der Waals surface area contributed by atoms with Crippen molar-refractivity contribution < 1.29 is 4.79 Å². The number of pyridine rings is 1. The van der Waals surface area contributed by atoms with Gasteiger partial charge in [-0.1, -0.05) is 0 Å². The van der Waals surface area contributed by atoms with Gasteiger partial charge in [0.15, 0.2) is 5.82 Å². The first-order chi connectivity index (χ1) is 13.5. The third-order valence-corrected chi connectivity index (χ3v) is 4.44. The van der Waals surface area contributed by atoms with Crippen LogP contribution in [0.3, 0.4) is 0 Å². The van der Waals surface area contributed by atoms with E-state index in [1.54, 1.807) is 34.0 Å². The number of rotatable bonds is 4. The lowest BCUT2D eigenvalue weighted by molar-refractivity contribution is 0.101. The normalized spacial score (nSPS) is 10.8. The van der Waals surface area contributed by atoms with Gasteiger partial charge in [-0.3, -0.25) is 14.5 Å². The summed E-state index contributed by atoms with van der Waals surface area (Å²) in [7, 11) is 3.68. The highest BCUT2D eigenvalue weighted by Crippen LogP contribution is 2.23. The predicted molar refractivity (Wildman–Crippen MR) is 106 cm³/mol. The van der Waals surface area contributed by atoms with E-state index in [9.17, 15) is 4.79 Å². The molecule has 0 bridgehead atoms. The molecule has 0 saturated heterocycles. The van der Waals surface area contributed by atoms with Crippen LogP contribution in [-0.4, -0.2) is 35.2 Å². The molecule has 0 radical (unpaired) electrons.